The van der Waals surface area contributed by atoms with Crippen LogP contribution in [0.25, 0.3) is 10.8 Å². The van der Waals surface area contributed by atoms with E-state index in [-0.39, 0.29) is 11.1 Å². The van der Waals surface area contributed by atoms with Crippen molar-refractivity contribution in [2.75, 3.05) is 19.3 Å². The van der Waals surface area contributed by atoms with E-state index < -0.39 is 0 Å². The van der Waals surface area contributed by atoms with Crippen molar-refractivity contribution >= 4 is 33.7 Å². The minimum Gasteiger partial charge on any atom is -0.341 e. The lowest BCUT2D eigenvalue weighted by molar-refractivity contribution is -0.129. The molecule has 1 aliphatic heterocycles. The van der Waals surface area contributed by atoms with Gasteiger partial charge in [0.05, 0.1) is 0 Å². The lowest BCUT2D eigenvalue weighted by Gasteiger charge is -2.43. The highest BCUT2D eigenvalue weighted by atomic mass is 32.2. The second-order valence-corrected chi connectivity index (χ2v) is 9.75. The Morgan fingerprint density at radius 1 is 1.03 bits per heavy atom. The van der Waals surface area contributed by atoms with Crippen LogP contribution in [0.2, 0.25) is 0 Å². The largest absolute Gasteiger partial charge is 0.341 e. The smallest absolute Gasteiger partial charge is 0.281 e. The highest BCUT2D eigenvalue weighted by Gasteiger charge is 2.35. The molecule has 30 heavy (non-hydrogen) atoms. The van der Waals surface area contributed by atoms with Crippen molar-refractivity contribution in [2.45, 2.75) is 57.5 Å². The number of benzene rings is 2. The normalized spacial score (nSPS) is 21.3. The maximum Gasteiger partial charge on any atom is 0.281 e. The van der Waals surface area contributed by atoms with E-state index in [1.54, 1.807) is 4.90 Å². The Kier molecular flexibility index (Phi) is 6.98. The Balaban J connectivity index is 1.27. The number of fused-ring (bicyclic) bond motifs is 2. The van der Waals surface area contributed by atoms with Gasteiger partial charge in [-0.05, 0) is 47.9 Å². The molecule has 0 N–H and O–H groups in total. The average Bonchev–Trinajstić information content (AvgIpc) is 2.78. The molecule has 4 rings (SSSR count). The van der Waals surface area contributed by atoms with Gasteiger partial charge in [-0.25, -0.2) is 0 Å². The summed E-state index contributed by atoms with van der Waals surface area (Å²) in [5.41, 5.74) is 1.16. The van der Waals surface area contributed by atoms with E-state index in [9.17, 15) is 9.59 Å². The molecule has 1 heterocycles. The van der Waals surface area contributed by atoms with Crippen LogP contribution in [0, 0.1) is 5.92 Å². The number of nitrogens with zero attached hydrogens (tertiary/aromatic N) is 2. The first-order chi connectivity index (χ1) is 14.6. The Hall–Kier alpha value is -2.01. The van der Waals surface area contributed by atoms with Crippen molar-refractivity contribution in [2.24, 2.45) is 5.92 Å². The van der Waals surface area contributed by atoms with Crippen molar-refractivity contribution in [3.05, 3.63) is 48.0 Å². The SMILES string of the molecule is CN(Cc1cccc2ccccc12)C(=O)CCSC(=O)N1CCCC2CCCCC21. The molecule has 2 aromatic rings. The van der Waals surface area contributed by atoms with Crippen LogP contribution in [-0.4, -0.2) is 46.3 Å². The second kappa shape index (κ2) is 9.86. The summed E-state index contributed by atoms with van der Waals surface area (Å²) in [5.74, 6) is 1.36. The van der Waals surface area contributed by atoms with Crippen molar-refractivity contribution in [3.8, 4) is 0 Å². The molecule has 1 saturated carbocycles. The summed E-state index contributed by atoms with van der Waals surface area (Å²) < 4.78 is 0. The molecular formula is C25H32N2O2S. The first-order valence-electron chi connectivity index (χ1n) is 11.3. The Morgan fingerprint density at radius 3 is 2.70 bits per heavy atom. The summed E-state index contributed by atoms with van der Waals surface area (Å²) >= 11 is 1.33. The Bertz CT molecular complexity index is 892. The van der Waals surface area contributed by atoms with Gasteiger partial charge in [0, 0.05) is 38.4 Å². The Morgan fingerprint density at radius 2 is 1.80 bits per heavy atom. The molecular weight excluding hydrogens is 392 g/mol. The van der Waals surface area contributed by atoms with Crippen LogP contribution in [0.4, 0.5) is 4.79 Å². The molecule has 0 aromatic heterocycles. The Labute approximate surface area is 184 Å². The molecule has 4 nitrogen and oxygen atoms in total. The van der Waals surface area contributed by atoms with E-state index in [0.29, 0.717) is 30.7 Å². The topological polar surface area (TPSA) is 40.6 Å². The quantitative estimate of drug-likeness (QED) is 0.618. The molecule has 0 spiro atoms. The number of hydrogen-bond donors (Lipinski definition) is 0. The van der Waals surface area contributed by atoms with E-state index >= 15 is 0 Å². The fourth-order valence-corrected chi connectivity index (χ4v) is 5.97. The lowest BCUT2D eigenvalue weighted by atomic mass is 9.78. The van der Waals surface area contributed by atoms with E-state index in [4.69, 9.17) is 0 Å². The molecule has 5 heteroatoms. The third kappa shape index (κ3) is 4.83. The summed E-state index contributed by atoms with van der Waals surface area (Å²) in [7, 11) is 1.86. The van der Waals surface area contributed by atoms with Gasteiger partial charge in [-0.15, -0.1) is 0 Å². The molecule has 2 aromatic carbocycles. The van der Waals surface area contributed by atoms with Gasteiger partial charge in [0.15, 0.2) is 0 Å². The first kappa shape index (κ1) is 21.2. The van der Waals surface area contributed by atoms with Crippen LogP contribution >= 0.6 is 11.8 Å². The number of likely N-dealkylation sites (tertiary alicyclic amines) is 1. The van der Waals surface area contributed by atoms with Crippen LogP contribution in [0.15, 0.2) is 42.5 Å². The van der Waals surface area contributed by atoms with Gasteiger partial charge >= 0.3 is 0 Å². The van der Waals surface area contributed by atoms with Gasteiger partial charge < -0.3 is 9.80 Å². The fraction of sp³-hybridized carbons (Fsp3) is 0.520. The van der Waals surface area contributed by atoms with Gasteiger partial charge in [-0.2, -0.15) is 0 Å². The second-order valence-electron chi connectivity index (χ2n) is 8.70. The lowest BCUT2D eigenvalue weighted by Crippen LogP contribution is -2.48. The number of thioether (sulfide) groups is 1. The van der Waals surface area contributed by atoms with E-state index in [1.165, 1.54) is 48.2 Å². The van der Waals surface area contributed by atoms with Crippen LogP contribution in [-0.2, 0) is 11.3 Å². The van der Waals surface area contributed by atoms with Crippen molar-refractivity contribution in [1.82, 2.24) is 9.80 Å². The van der Waals surface area contributed by atoms with Gasteiger partial charge in [0.2, 0.25) is 5.91 Å². The maximum absolute atomic E-state index is 12.8. The third-order valence-corrected chi connectivity index (χ3v) is 7.62. The monoisotopic (exact) mass is 424 g/mol. The summed E-state index contributed by atoms with van der Waals surface area (Å²) in [6, 6.07) is 14.9. The van der Waals surface area contributed by atoms with Gasteiger partial charge in [0.1, 0.15) is 0 Å². The number of carbonyl (C=O) groups is 2. The number of rotatable bonds is 5. The summed E-state index contributed by atoms with van der Waals surface area (Å²) in [4.78, 5) is 29.4. The molecule has 2 atom stereocenters. The number of hydrogen-bond acceptors (Lipinski definition) is 3. The molecule has 2 aliphatic rings. The molecule has 0 bridgehead atoms. The predicted octanol–water partition coefficient (Wildman–Crippen LogP) is 5.70. The van der Waals surface area contributed by atoms with Gasteiger partial charge in [-0.1, -0.05) is 67.1 Å². The molecule has 160 valence electrons. The zero-order valence-electron chi connectivity index (χ0n) is 17.9. The summed E-state index contributed by atoms with van der Waals surface area (Å²) in [6.45, 7) is 1.48. The van der Waals surface area contributed by atoms with Crippen LogP contribution in [0.1, 0.15) is 50.5 Å². The van der Waals surface area contributed by atoms with E-state index in [1.807, 2.05) is 25.2 Å². The zero-order valence-corrected chi connectivity index (χ0v) is 18.7. The first-order valence-corrected chi connectivity index (χ1v) is 12.3. The minimum atomic E-state index is 0.0948. The van der Waals surface area contributed by atoms with Gasteiger partial charge in [-0.3, -0.25) is 9.59 Å². The van der Waals surface area contributed by atoms with Crippen LogP contribution in [0.5, 0.6) is 0 Å². The van der Waals surface area contributed by atoms with Gasteiger partial charge in [0.25, 0.3) is 5.24 Å². The molecule has 2 unspecified atom stereocenters. The summed E-state index contributed by atoms with van der Waals surface area (Å²) in [6.07, 6.45) is 7.79. The minimum absolute atomic E-state index is 0.0948. The summed E-state index contributed by atoms with van der Waals surface area (Å²) in [5, 5.41) is 2.56. The van der Waals surface area contributed by atoms with E-state index in [2.05, 4.69) is 29.2 Å². The number of amides is 2. The van der Waals surface area contributed by atoms with Crippen LogP contribution in [0.3, 0.4) is 0 Å². The highest BCUT2D eigenvalue weighted by molar-refractivity contribution is 8.13. The standard InChI is InChI=1S/C25H32N2O2S/c1-26(18-21-11-6-10-19-8-2-4-13-22(19)21)24(28)15-17-30-25(29)27-16-7-12-20-9-3-5-14-23(20)27/h2,4,6,8,10-11,13,20,23H,3,5,7,9,12,14-18H2,1H3. The molecule has 1 saturated heterocycles. The zero-order chi connectivity index (χ0) is 20.9. The van der Waals surface area contributed by atoms with E-state index in [0.717, 1.165) is 24.9 Å². The molecule has 0 radical (unpaired) electrons. The fourth-order valence-electron chi connectivity index (χ4n) is 5.12. The average molecular weight is 425 g/mol. The van der Waals surface area contributed by atoms with Crippen molar-refractivity contribution in [1.29, 1.82) is 0 Å². The molecule has 2 fully saturated rings. The number of piperidine rings is 1. The number of carbonyl (C=O) groups excluding carboxylic acids is 2. The van der Waals surface area contributed by atoms with Crippen molar-refractivity contribution in [3.63, 3.8) is 0 Å². The molecule has 2 amide bonds. The van der Waals surface area contributed by atoms with Crippen molar-refractivity contribution < 1.29 is 9.59 Å². The predicted molar refractivity (Wildman–Crippen MR) is 125 cm³/mol. The van der Waals surface area contributed by atoms with Crippen LogP contribution < -0.4 is 0 Å². The molecule has 1 aliphatic carbocycles. The maximum atomic E-state index is 12.8. The highest BCUT2D eigenvalue weighted by Crippen LogP contribution is 2.36. The third-order valence-electron chi connectivity index (χ3n) is 6.73.